The molecule has 0 amide bonds. The fraction of sp³-hybridized carbons (Fsp3) is 0.0455. The number of hydrogen-bond acceptors (Lipinski definition) is 4. The van der Waals surface area contributed by atoms with Crippen molar-refractivity contribution >= 4 is 21.9 Å². The predicted molar refractivity (Wildman–Crippen MR) is 106 cm³/mol. The monoisotopic (exact) mass is 391 g/mol. The quantitative estimate of drug-likeness (QED) is 0.689. The molecule has 0 saturated heterocycles. The number of hydrogen-bond donors (Lipinski definition) is 1. The molecule has 0 fully saturated rings. The lowest BCUT2D eigenvalue weighted by atomic mass is 10.0. The zero-order valence-electron chi connectivity index (χ0n) is 14.8. The topological polar surface area (TPSA) is 74.7 Å². The predicted octanol–water partition coefficient (Wildman–Crippen LogP) is 3.82. The molecule has 0 unspecified atom stereocenters. The van der Waals surface area contributed by atoms with Crippen molar-refractivity contribution in [3.8, 4) is 5.75 Å². The molecule has 0 spiro atoms. The molecule has 0 atom stereocenters. The summed E-state index contributed by atoms with van der Waals surface area (Å²) in [7, 11) is -3.91. The van der Waals surface area contributed by atoms with Gasteiger partial charge in [0.1, 0.15) is 11.4 Å². The molecule has 1 N–H and O–H groups in total. The van der Waals surface area contributed by atoms with Gasteiger partial charge in [-0.15, -0.1) is 0 Å². The molecule has 1 aliphatic heterocycles. The normalized spacial score (nSPS) is 16.8. The van der Waals surface area contributed by atoms with Gasteiger partial charge < -0.3 is 5.11 Å². The number of Topliss-reactive ketones (excluding diaryl/α,β-unsaturated/α-hetero) is 1. The first-order valence-electron chi connectivity index (χ1n) is 8.68. The third kappa shape index (κ3) is 3.18. The van der Waals surface area contributed by atoms with Crippen molar-refractivity contribution in [3.63, 3.8) is 0 Å². The van der Waals surface area contributed by atoms with Gasteiger partial charge in [0.05, 0.1) is 11.4 Å². The van der Waals surface area contributed by atoms with Crippen LogP contribution in [0.3, 0.4) is 0 Å². The molecule has 5 nitrogen and oxygen atoms in total. The number of carbonyl (C=O) groups is 1. The van der Waals surface area contributed by atoms with Crippen LogP contribution in [0.15, 0.2) is 89.5 Å². The molecule has 6 heteroatoms. The van der Waals surface area contributed by atoms with Crippen LogP contribution in [0, 0.1) is 0 Å². The van der Waals surface area contributed by atoms with Crippen molar-refractivity contribution < 1.29 is 18.3 Å². The van der Waals surface area contributed by atoms with Gasteiger partial charge in [0.15, 0.2) is 0 Å². The van der Waals surface area contributed by atoms with E-state index in [2.05, 4.69) is 0 Å². The van der Waals surface area contributed by atoms with E-state index in [1.165, 1.54) is 30.3 Å². The molecule has 140 valence electrons. The van der Waals surface area contributed by atoms with Gasteiger partial charge >= 0.3 is 0 Å². The summed E-state index contributed by atoms with van der Waals surface area (Å²) in [6, 6.07) is 21.7. The van der Waals surface area contributed by atoms with Crippen LogP contribution in [0.2, 0.25) is 0 Å². The maximum atomic E-state index is 13.3. The summed E-state index contributed by atoms with van der Waals surface area (Å²) in [5.41, 5.74) is 1.50. The zero-order valence-corrected chi connectivity index (χ0v) is 15.6. The summed E-state index contributed by atoms with van der Waals surface area (Å²) >= 11 is 0. The Bertz CT molecular complexity index is 1180. The second kappa shape index (κ2) is 6.98. The highest BCUT2D eigenvalue weighted by Gasteiger charge is 2.39. The first-order chi connectivity index (χ1) is 13.5. The van der Waals surface area contributed by atoms with Gasteiger partial charge in [0.2, 0.25) is 5.78 Å². The number of phenols is 1. The van der Waals surface area contributed by atoms with Crippen LogP contribution < -0.4 is 0 Å². The number of benzene rings is 3. The van der Waals surface area contributed by atoms with Crippen LogP contribution in [-0.2, 0) is 16.6 Å². The Morgan fingerprint density at radius 1 is 0.893 bits per heavy atom. The summed E-state index contributed by atoms with van der Waals surface area (Å²) in [4.78, 5) is 13.2. The highest BCUT2D eigenvalue weighted by atomic mass is 32.2. The average molecular weight is 391 g/mol. The lowest BCUT2D eigenvalue weighted by molar-refractivity contribution is 0.100. The molecule has 0 aliphatic carbocycles. The summed E-state index contributed by atoms with van der Waals surface area (Å²) in [5.74, 6) is -0.333. The van der Waals surface area contributed by atoms with Crippen molar-refractivity contribution in [1.29, 1.82) is 0 Å². The number of ketones is 1. The van der Waals surface area contributed by atoms with E-state index in [1.807, 2.05) is 30.3 Å². The molecular weight excluding hydrogens is 374 g/mol. The molecular formula is C22H17NO4S. The van der Waals surface area contributed by atoms with Gasteiger partial charge in [0.25, 0.3) is 10.0 Å². The van der Waals surface area contributed by atoms with Crippen LogP contribution in [0.5, 0.6) is 5.75 Å². The van der Waals surface area contributed by atoms with Crippen LogP contribution in [0.1, 0.15) is 21.5 Å². The van der Waals surface area contributed by atoms with E-state index in [9.17, 15) is 18.3 Å². The number of allylic oxidation sites excluding steroid dienone is 1. The molecule has 0 bridgehead atoms. The smallest absolute Gasteiger partial charge is 0.265 e. The number of phenolic OH excluding ortho intramolecular Hbond substituents is 1. The van der Waals surface area contributed by atoms with Crippen LogP contribution in [0.4, 0.5) is 0 Å². The van der Waals surface area contributed by atoms with Gasteiger partial charge in [-0.25, -0.2) is 8.42 Å². The Labute approximate surface area is 163 Å². The first kappa shape index (κ1) is 18.0. The fourth-order valence-electron chi connectivity index (χ4n) is 3.21. The van der Waals surface area contributed by atoms with Crippen LogP contribution >= 0.6 is 0 Å². The van der Waals surface area contributed by atoms with E-state index in [4.69, 9.17) is 0 Å². The van der Waals surface area contributed by atoms with Crippen LogP contribution in [0.25, 0.3) is 6.08 Å². The second-order valence-corrected chi connectivity index (χ2v) is 8.28. The number of fused-ring (bicyclic) bond motifs is 1. The van der Waals surface area contributed by atoms with E-state index < -0.39 is 10.0 Å². The molecule has 4 rings (SSSR count). The number of sulfonamides is 1. The molecule has 0 aromatic heterocycles. The van der Waals surface area contributed by atoms with E-state index >= 15 is 0 Å². The molecule has 28 heavy (non-hydrogen) atoms. The van der Waals surface area contributed by atoms with Gasteiger partial charge in [-0.2, -0.15) is 0 Å². The van der Waals surface area contributed by atoms with Gasteiger partial charge in [-0.05, 0) is 41.5 Å². The van der Waals surface area contributed by atoms with E-state index in [0.29, 0.717) is 5.56 Å². The van der Waals surface area contributed by atoms with Crippen molar-refractivity contribution in [3.05, 3.63) is 101 Å². The van der Waals surface area contributed by atoms with Crippen LogP contribution in [-0.4, -0.2) is 23.6 Å². The summed E-state index contributed by atoms with van der Waals surface area (Å²) in [6.07, 6.45) is 1.50. The summed E-state index contributed by atoms with van der Waals surface area (Å²) < 4.78 is 27.7. The van der Waals surface area contributed by atoms with Crippen molar-refractivity contribution in [2.45, 2.75) is 11.4 Å². The highest BCUT2D eigenvalue weighted by Crippen LogP contribution is 2.34. The maximum Gasteiger partial charge on any atom is 0.265 e. The lowest BCUT2D eigenvalue weighted by Crippen LogP contribution is -2.38. The van der Waals surface area contributed by atoms with E-state index in [0.717, 1.165) is 9.87 Å². The molecule has 0 saturated carbocycles. The number of nitrogens with zero attached hydrogens (tertiary/aromatic N) is 1. The fourth-order valence-corrected chi connectivity index (χ4v) is 4.85. The first-order valence-corrected chi connectivity index (χ1v) is 10.1. The maximum absolute atomic E-state index is 13.3. The molecule has 3 aromatic carbocycles. The van der Waals surface area contributed by atoms with E-state index in [-0.39, 0.29) is 34.2 Å². The zero-order chi connectivity index (χ0) is 19.7. The Balaban J connectivity index is 1.91. The highest BCUT2D eigenvalue weighted by molar-refractivity contribution is 7.89. The Kier molecular flexibility index (Phi) is 4.49. The van der Waals surface area contributed by atoms with Gasteiger partial charge in [0, 0.05) is 5.56 Å². The van der Waals surface area contributed by atoms with E-state index in [1.54, 1.807) is 24.3 Å². The average Bonchev–Trinajstić information content (AvgIpc) is 2.70. The third-order valence-corrected chi connectivity index (χ3v) is 6.36. The van der Waals surface area contributed by atoms with Crippen molar-refractivity contribution in [2.24, 2.45) is 0 Å². The molecule has 1 aliphatic rings. The standard InChI is InChI=1S/C22H17NO4S/c24-18-10-6-9-17(13-18)14-20-22(25)19-11-4-5-12-21(19)28(26,27)23(20)15-16-7-2-1-3-8-16/h1-14,24H,15H2. The Hall–Kier alpha value is -3.38. The molecule has 1 heterocycles. The van der Waals surface area contributed by atoms with Crippen molar-refractivity contribution in [1.82, 2.24) is 4.31 Å². The molecule has 0 radical (unpaired) electrons. The van der Waals surface area contributed by atoms with Gasteiger partial charge in [-0.3, -0.25) is 9.10 Å². The second-order valence-electron chi connectivity index (χ2n) is 6.45. The Morgan fingerprint density at radius 3 is 2.36 bits per heavy atom. The minimum absolute atomic E-state index is 0.00369. The largest absolute Gasteiger partial charge is 0.508 e. The van der Waals surface area contributed by atoms with Crippen molar-refractivity contribution in [2.75, 3.05) is 0 Å². The summed E-state index contributed by atoms with van der Waals surface area (Å²) in [5, 5.41) is 9.72. The summed E-state index contributed by atoms with van der Waals surface area (Å²) in [6.45, 7) is 0.0356. The number of rotatable bonds is 3. The minimum atomic E-state index is -3.91. The third-order valence-electron chi connectivity index (χ3n) is 4.54. The number of carbonyl (C=O) groups excluding carboxylic acids is 1. The SMILES string of the molecule is O=C1C(=Cc2cccc(O)c2)N(Cc2ccccc2)S(=O)(=O)c2ccccc21. The molecule has 3 aromatic rings. The Morgan fingerprint density at radius 2 is 1.61 bits per heavy atom. The minimum Gasteiger partial charge on any atom is -0.508 e. The number of aromatic hydroxyl groups is 1. The van der Waals surface area contributed by atoms with Gasteiger partial charge in [-0.1, -0.05) is 54.6 Å². The lowest BCUT2D eigenvalue weighted by Gasteiger charge is -2.31.